The van der Waals surface area contributed by atoms with Crippen molar-refractivity contribution in [1.82, 2.24) is 0 Å². The van der Waals surface area contributed by atoms with Gasteiger partial charge in [0.2, 0.25) is 10.0 Å². The minimum Gasteiger partial charge on any atom is -0.495 e. The molecule has 0 amide bonds. The van der Waals surface area contributed by atoms with Crippen LogP contribution in [-0.4, -0.2) is 15.5 Å². The maximum atomic E-state index is 13.6. The Morgan fingerprint density at radius 2 is 2.06 bits per heavy atom. The van der Waals surface area contributed by atoms with Gasteiger partial charge in [0.1, 0.15) is 16.8 Å². The fourth-order valence-electron chi connectivity index (χ4n) is 1.19. The molecule has 0 aliphatic carbocycles. The maximum absolute atomic E-state index is 13.6. The van der Waals surface area contributed by atoms with E-state index in [1.165, 1.54) is 20.1 Å². The number of primary sulfonamides is 1. The van der Waals surface area contributed by atoms with Crippen molar-refractivity contribution >= 4 is 26.0 Å². The van der Waals surface area contributed by atoms with E-state index in [2.05, 4.69) is 15.9 Å². The quantitative estimate of drug-likeness (QED) is 0.927. The van der Waals surface area contributed by atoms with Gasteiger partial charge in [-0.2, -0.15) is 0 Å². The first-order valence-electron chi connectivity index (χ1n) is 4.32. The molecule has 1 aromatic rings. The van der Waals surface area contributed by atoms with Crippen LogP contribution in [0.1, 0.15) is 17.7 Å². The van der Waals surface area contributed by atoms with Gasteiger partial charge in [-0.15, -0.1) is 0 Å². The van der Waals surface area contributed by atoms with E-state index in [9.17, 15) is 12.8 Å². The Bertz CT molecular complexity index is 504. The van der Waals surface area contributed by atoms with Gasteiger partial charge >= 0.3 is 0 Å². The number of nitrogens with two attached hydrogens (primary N) is 1. The summed E-state index contributed by atoms with van der Waals surface area (Å²) in [6.45, 7) is 1.33. The van der Waals surface area contributed by atoms with Gasteiger partial charge in [0, 0.05) is 11.6 Å². The van der Waals surface area contributed by atoms with E-state index in [-0.39, 0.29) is 5.56 Å². The lowest BCUT2D eigenvalue weighted by Crippen LogP contribution is -2.20. The molecule has 2 N–H and O–H groups in total. The van der Waals surface area contributed by atoms with Crippen LogP contribution in [0.25, 0.3) is 0 Å². The largest absolute Gasteiger partial charge is 0.495 e. The van der Waals surface area contributed by atoms with Crippen LogP contribution < -0.4 is 9.88 Å². The highest BCUT2D eigenvalue weighted by Gasteiger charge is 2.23. The van der Waals surface area contributed by atoms with E-state index in [1.54, 1.807) is 0 Å². The second-order valence-corrected chi connectivity index (χ2v) is 5.98. The highest BCUT2D eigenvalue weighted by molar-refractivity contribution is 9.10. The third kappa shape index (κ3) is 2.72. The van der Waals surface area contributed by atoms with Crippen LogP contribution in [-0.2, 0) is 10.0 Å². The van der Waals surface area contributed by atoms with E-state index in [0.29, 0.717) is 10.2 Å². The maximum Gasteiger partial charge on any atom is 0.215 e. The van der Waals surface area contributed by atoms with Crippen LogP contribution in [0.15, 0.2) is 16.6 Å². The van der Waals surface area contributed by atoms with E-state index in [0.717, 1.165) is 6.07 Å². The van der Waals surface area contributed by atoms with Crippen molar-refractivity contribution in [3.05, 3.63) is 28.0 Å². The Labute approximate surface area is 102 Å². The van der Waals surface area contributed by atoms with Crippen molar-refractivity contribution in [2.45, 2.75) is 12.2 Å². The average Bonchev–Trinajstić information content (AvgIpc) is 2.18. The Morgan fingerprint density at radius 3 is 2.50 bits per heavy atom. The van der Waals surface area contributed by atoms with Crippen molar-refractivity contribution < 1.29 is 17.5 Å². The number of hydrogen-bond donors (Lipinski definition) is 1. The van der Waals surface area contributed by atoms with E-state index in [4.69, 9.17) is 9.88 Å². The molecule has 0 saturated carbocycles. The molecular weight excluding hydrogens is 301 g/mol. The van der Waals surface area contributed by atoms with E-state index < -0.39 is 21.1 Å². The molecule has 0 fully saturated rings. The monoisotopic (exact) mass is 311 g/mol. The average molecular weight is 312 g/mol. The lowest BCUT2D eigenvalue weighted by atomic mass is 10.1. The summed E-state index contributed by atoms with van der Waals surface area (Å²) in [6.07, 6.45) is 0. The second-order valence-electron chi connectivity index (χ2n) is 3.24. The van der Waals surface area contributed by atoms with Gasteiger partial charge in [-0.05, 0) is 28.9 Å². The Morgan fingerprint density at radius 1 is 1.50 bits per heavy atom. The number of hydrogen-bond acceptors (Lipinski definition) is 3. The highest BCUT2D eigenvalue weighted by atomic mass is 79.9. The van der Waals surface area contributed by atoms with Crippen molar-refractivity contribution in [3.8, 4) is 5.75 Å². The molecule has 4 nitrogen and oxygen atoms in total. The fourth-order valence-corrected chi connectivity index (χ4v) is 2.25. The first-order valence-corrected chi connectivity index (χ1v) is 6.72. The molecule has 1 aromatic carbocycles. The summed E-state index contributed by atoms with van der Waals surface area (Å²) < 4.78 is 41.2. The molecule has 1 unspecified atom stereocenters. The van der Waals surface area contributed by atoms with Gasteiger partial charge in [0.25, 0.3) is 0 Å². The SMILES string of the molecule is COc1cc(F)c(C(C)S(N)(=O)=O)cc1Br. The molecule has 90 valence electrons. The summed E-state index contributed by atoms with van der Waals surface area (Å²) in [5.41, 5.74) is 0.00942. The molecule has 0 saturated heterocycles. The van der Waals surface area contributed by atoms with Crippen LogP contribution in [0.4, 0.5) is 4.39 Å². The van der Waals surface area contributed by atoms with Crippen LogP contribution in [0, 0.1) is 5.82 Å². The summed E-state index contributed by atoms with van der Waals surface area (Å²) in [7, 11) is -2.43. The zero-order valence-corrected chi connectivity index (χ0v) is 11.1. The van der Waals surface area contributed by atoms with E-state index in [1.807, 2.05) is 0 Å². The fraction of sp³-hybridized carbons (Fsp3) is 0.333. The number of sulfonamides is 1. The van der Waals surface area contributed by atoms with Gasteiger partial charge in [0.15, 0.2) is 0 Å². The summed E-state index contributed by atoms with van der Waals surface area (Å²) >= 11 is 3.15. The number of rotatable bonds is 3. The summed E-state index contributed by atoms with van der Waals surface area (Å²) in [4.78, 5) is 0. The van der Waals surface area contributed by atoms with Crippen LogP contribution >= 0.6 is 15.9 Å². The predicted molar refractivity (Wildman–Crippen MR) is 62.2 cm³/mol. The lowest BCUT2D eigenvalue weighted by Gasteiger charge is -2.12. The molecular formula is C9H11BrFNO3S. The number of benzene rings is 1. The lowest BCUT2D eigenvalue weighted by molar-refractivity contribution is 0.408. The standard InChI is InChI=1S/C9H11BrFNO3S/c1-5(16(12,13)14)6-3-7(10)9(15-2)4-8(6)11/h3-5H,1-2H3,(H2,12,13,14). The Hall–Kier alpha value is -0.660. The highest BCUT2D eigenvalue weighted by Crippen LogP contribution is 2.32. The van der Waals surface area contributed by atoms with Crippen molar-refractivity contribution in [3.63, 3.8) is 0 Å². The minimum absolute atomic E-state index is 0.00942. The van der Waals surface area contributed by atoms with E-state index >= 15 is 0 Å². The third-order valence-electron chi connectivity index (χ3n) is 2.20. The van der Waals surface area contributed by atoms with Crippen molar-refractivity contribution in [1.29, 1.82) is 0 Å². The molecule has 0 radical (unpaired) electrons. The van der Waals surface area contributed by atoms with Gasteiger partial charge in [0.05, 0.1) is 11.6 Å². The molecule has 16 heavy (non-hydrogen) atoms. The molecule has 1 atom stereocenters. The van der Waals surface area contributed by atoms with Gasteiger partial charge < -0.3 is 4.74 Å². The number of methoxy groups -OCH3 is 1. The summed E-state index contributed by atoms with van der Waals surface area (Å²) in [5.74, 6) is -0.371. The molecule has 0 aliphatic heterocycles. The Balaban J connectivity index is 3.32. The Kier molecular flexibility index (Phi) is 3.92. The minimum atomic E-state index is -3.82. The summed E-state index contributed by atoms with van der Waals surface area (Å²) in [6, 6.07) is 2.46. The van der Waals surface area contributed by atoms with Crippen molar-refractivity contribution in [2.24, 2.45) is 5.14 Å². The third-order valence-corrected chi connectivity index (χ3v) is 4.06. The zero-order chi connectivity index (χ0) is 12.5. The van der Waals surface area contributed by atoms with Gasteiger partial charge in [-0.1, -0.05) is 0 Å². The van der Waals surface area contributed by atoms with Crippen LogP contribution in [0.2, 0.25) is 0 Å². The van der Waals surface area contributed by atoms with Crippen molar-refractivity contribution in [2.75, 3.05) is 7.11 Å². The smallest absolute Gasteiger partial charge is 0.215 e. The summed E-state index contributed by atoms with van der Waals surface area (Å²) in [5, 5.41) is 3.86. The first-order chi connectivity index (χ1) is 7.27. The molecule has 0 aliphatic rings. The zero-order valence-electron chi connectivity index (χ0n) is 8.70. The number of halogens is 2. The topological polar surface area (TPSA) is 69.4 Å². The predicted octanol–water partition coefficient (Wildman–Crippen LogP) is 1.95. The normalized spacial score (nSPS) is 13.6. The van der Waals surface area contributed by atoms with Gasteiger partial charge in [-0.3, -0.25) is 0 Å². The second kappa shape index (κ2) is 4.68. The first kappa shape index (κ1) is 13.4. The number of ether oxygens (including phenoxy) is 1. The molecule has 1 rings (SSSR count). The van der Waals surface area contributed by atoms with Crippen LogP contribution in [0.3, 0.4) is 0 Å². The molecule has 0 aromatic heterocycles. The van der Waals surface area contributed by atoms with Gasteiger partial charge in [-0.25, -0.2) is 17.9 Å². The van der Waals surface area contributed by atoms with Crippen LogP contribution in [0.5, 0.6) is 5.75 Å². The molecule has 0 heterocycles. The molecule has 0 spiro atoms. The molecule has 0 bridgehead atoms. The molecule has 7 heteroatoms.